The van der Waals surface area contributed by atoms with Gasteiger partial charge in [0.1, 0.15) is 5.76 Å². The van der Waals surface area contributed by atoms with Gasteiger partial charge in [-0.15, -0.1) is 0 Å². The molecule has 4 nitrogen and oxygen atoms in total. The van der Waals surface area contributed by atoms with Crippen LogP contribution in [0.15, 0.2) is 90.7 Å². The number of nitrogens with one attached hydrogen (secondary N) is 1. The highest BCUT2D eigenvalue weighted by Gasteiger charge is 2.18. The third-order valence-corrected chi connectivity index (χ3v) is 8.12. The van der Waals surface area contributed by atoms with Crippen molar-refractivity contribution in [3.05, 3.63) is 107 Å². The number of hydrogen-bond donors (Lipinski definition) is 1. The molecule has 2 atom stereocenters. The average Bonchev–Trinajstić information content (AvgIpc) is 3.54. The molecule has 0 aliphatic heterocycles. The monoisotopic (exact) mass is 536 g/mol. The first kappa shape index (κ1) is 29.6. The van der Waals surface area contributed by atoms with E-state index < -0.39 is 0 Å². The quantitative estimate of drug-likeness (QED) is 0.262. The van der Waals surface area contributed by atoms with E-state index in [-0.39, 0.29) is 11.8 Å². The molecule has 4 heteroatoms. The second kappa shape index (κ2) is 16.6. The van der Waals surface area contributed by atoms with Crippen molar-refractivity contribution in [1.82, 2.24) is 5.32 Å². The maximum absolute atomic E-state index is 13.3. The predicted octanol–water partition coefficient (Wildman–Crippen LogP) is 8.17. The molecule has 0 spiro atoms. The lowest BCUT2D eigenvalue weighted by Gasteiger charge is -2.17. The summed E-state index contributed by atoms with van der Waals surface area (Å²) in [4.78, 5) is 13.3. The van der Waals surface area contributed by atoms with E-state index in [1.807, 2.05) is 60.7 Å². The summed E-state index contributed by atoms with van der Waals surface area (Å²) in [7, 11) is 0. The van der Waals surface area contributed by atoms with Crippen molar-refractivity contribution in [2.45, 2.75) is 76.7 Å². The molecule has 1 saturated carbocycles. The number of nitrogens with zero attached hydrogens (tertiary/aromatic N) is 1. The number of benzene rings is 2. The fourth-order valence-corrected chi connectivity index (χ4v) is 5.67. The second-order valence-corrected chi connectivity index (χ2v) is 11.2. The summed E-state index contributed by atoms with van der Waals surface area (Å²) in [6, 6.07) is 19.4. The van der Waals surface area contributed by atoms with E-state index in [4.69, 9.17) is 10.00 Å². The minimum Gasteiger partial charge on any atom is -0.494 e. The molecule has 1 N–H and O–H groups in total. The summed E-state index contributed by atoms with van der Waals surface area (Å²) >= 11 is 0. The van der Waals surface area contributed by atoms with Crippen LogP contribution in [-0.2, 0) is 16.0 Å². The van der Waals surface area contributed by atoms with E-state index in [1.165, 1.54) is 44.9 Å². The number of nitriles is 1. The number of rotatable bonds is 13. The van der Waals surface area contributed by atoms with Crippen LogP contribution in [0.25, 0.3) is 0 Å². The summed E-state index contributed by atoms with van der Waals surface area (Å²) in [5.74, 6) is 2.36. The van der Waals surface area contributed by atoms with Crippen molar-refractivity contribution >= 4 is 5.78 Å². The van der Waals surface area contributed by atoms with E-state index in [0.717, 1.165) is 55.1 Å². The van der Waals surface area contributed by atoms with Crippen LogP contribution in [0.1, 0.15) is 86.9 Å². The highest BCUT2D eigenvalue weighted by atomic mass is 16.5. The number of carbonyl (C=O) groups is 1. The zero-order valence-electron chi connectivity index (χ0n) is 23.8. The Hall–Kier alpha value is -3.42. The van der Waals surface area contributed by atoms with Gasteiger partial charge in [-0.05, 0) is 105 Å². The maximum atomic E-state index is 13.3. The molecular weight excluding hydrogens is 492 g/mol. The Morgan fingerprint density at radius 1 is 1.02 bits per heavy atom. The number of hydrogen-bond acceptors (Lipinski definition) is 4. The van der Waals surface area contributed by atoms with E-state index >= 15 is 0 Å². The SMILES string of the molecule is N#Cc1ccc(CCNC(C(=O)/C=C/CCC2/C=C\C(OCC3CCCC3)=C/CCCC2)c2ccccc2)cc1. The van der Waals surface area contributed by atoms with Crippen LogP contribution in [0.5, 0.6) is 0 Å². The Kier molecular flexibility index (Phi) is 12.3. The minimum atomic E-state index is -0.370. The highest BCUT2D eigenvalue weighted by molar-refractivity contribution is 5.95. The van der Waals surface area contributed by atoms with Crippen molar-refractivity contribution in [2.75, 3.05) is 13.2 Å². The van der Waals surface area contributed by atoms with Gasteiger partial charge in [0.05, 0.1) is 24.3 Å². The second-order valence-electron chi connectivity index (χ2n) is 11.2. The van der Waals surface area contributed by atoms with Gasteiger partial charge in [0, 0.05) is 6.54 Å². The van der Waals surface area contributed by atoms with Gasteiger partial charge in [-0.1, -0.05) is 73.9 Å². The van der Waals surface area contributed by atoms with Gasteiger partial charge >= 0.3 is 0 Å². The maximum Gasteiger partial charge on any atom is 0.176 e. The summed E-state index contributed by atoms with van der Waals surface area (Å²) in [6.07, 6.45) is 23.3. The first-order valence-corrected chi connectivity index (χ1v) is 15.2. The lowest BCUT2D eigenvalue weighted by atomic mass is 9.95. The zero-order valence-corrected chi connectivity index (χ0v) is 23.8. The van der Waals surface area contributed by atoms with Crippen LogP contribution in [0, 0.1) is 23.2 Å². The van der Waals surface area contributed by atoms with E-state index in [2.05, 4.69) is 29.6 Å². The molecule has 2 aliphatic carbocycles. The topological polar surface area (TPSA) is 62.1 Å². The Balaban J connectivity index is 1.27. The third kappa shape index (κ3) is 9.96. The lowest BCUT2D eigenvalue weighted by molar-refractivity contribution is -0.116. The molecule has 210 valence electrons. The van der Waals surface area contributed by atoms with Gasteiger partial charge in [-0.25, -0.2) is 0 Å². The molecule has 2 unspecified atom stereocenters. The Morgan fingerprint density at radius 3 is 2.58 bits per heavy atom. The van der Waals surface area contributed by atoms with Crippen molar-refractivity contribution in [3.63, 3.8) is 0 Å². The Bertz CT molecular complexity index is 1170. The predicted molar refractivity (Wildman–Crippen MR) is 163 cm³/mol. The van der Waals surface area contributed by atoms with Crippen molar-refractivity contribution < 1.29 is 9.53 Å². The molecule has 2 aromatic rings. The number of ketones is 1. The number of ether oxygens (including phenoxy) is 1. The van der Waals surface area contributed by atoms with Gasteiger partial charge < -0.3 is 10.1 Å². The van der Waals surface area contributed by atoms with Crippen LogP contribution in [0.2, 0.25) is 0 Å². The van der Waals surface area contributed by atoms with Crippen LogP contribution in [0.3, 0.4) is 0 Å². The van der Waals surface area contributed by atoms with Crippen LogP contribution >= 0.6 is 0 Å². The molecule has 0 bridgehead atoms. The summed E-state index contributed by atoms with van der Waals surface area (Å²) < 4.78 is 6.20. The molecule has 4 rings (SSSR count). The smallest absolute Gasteiger partial charge is 0.176 e. The largest absolute Gasteiger partial charge is 0.494 e. The van der Waals surface area contributed by atoms with Gasteiger partial charge in [0.2, 0.25) is 0 Å². The molecule has 0 radical (unpaired) electrons. The van der Waals surface area contributed by atoms with Crippen molar-refractivity contribution in [2.24, 2.45) is 11.8 Å². The molecule has 2 aliphatic rings. The fourth-order valence-electron chi connectivity index (χ4n) is 5.67. The molecule has 0 aromatic heterocycles. The highest BCUT2D eigenvalue weighted by Crippen LogP contribution is 2.27. The summed E-state index contributed by atoms with van der Waals surface area (Å²) in [6.45, 7) is 1.53. The Labute approximate surface area is 240 Å². The van der Waals surface area contributed by atoms with Crippen LogP contribution in [-0.4, -0.2) is 18.9 Å². The van der Waals surface area contributed by atoms with Crippen LogP contribution < -0.4 is 5.32 Å². The van der Waals surface area contributed by atoms with E-state index in [1.54, 1.807) is 6.08 Å². The van der Waals surface area contributed by atoms with E-state index in [9.17, 15) is 4.79 Å². The first-order valence-electron chi connectivity index (χ1n) is 15.2. The Morgan fingerprint density at radius 2 is 1.80 bits per heavy atom. The molecule has 1 fully saturated rings. The lowest BCUT2D eigenvalue weighted by Crippen LogP contribution is -2.29. The molecule has 0 saturated heterocycles. The first-order chi connectivity index (χ1) is 19.7. The third-order valence-electron chi connectivity index (χ3n) is 8.12. The minimum absolute atomic E-state index is 0.0848. The summed E-state index contributed by atoms with van der Waals surface area (Å²) in [5.41, 5.74) is 2.79. The molecular formula is C36H44N2O2. The number of allylic oxidation sites excluding steroid dienone is 4. The normalized spacial score (nSPS) is 21.0. The van der Waals surface area contributed by atoms with Crippen LogP contribution in [0.4, 0.5) is 0 Å². The zero-order chi connectivity index (χ0) is 27.8. The van der Waals surface area contributed by atoms with Gasteiger partial charge in [-0.2, -0.15) is 5.26 Å². The molecule has 2 aromatic carbocycles. The summed E-state index contributed by atoms with van der Waals surface area (Å²) in [5, 5.41) is 12.5. The molecule has 0 amide bonds. The van der Waals surface area contributed by atoms with Gasteiger partial charge in [0.25, 0.3) is 0 Å². The van der Waals surface area contributed by atoms with Crippen molar-refractivity contribution in [1.29, 1.82) is 5.26 Å². The standard InChI is InChI=1S/C36H44N2O2/c37-27-31-21-19-30(20-22-31)25-26-38-36(33-15-4-2-5-16-33)35(39)18-10-9-12-29-11-3-1-6-17-34(24-23-29)40-28-32-13-7-8-14-32/h2,4-5,10,15-24,29,32,36,38H,1,3,6-9,11-14,25-26,28H2/b18-10+,24-23-,34-17+. The number of carbonyl (C=O) groups excluding carboxylic acids is 1. The molecule has 40 heavy (non-hydrogen) atoms. The van der Waals surface area contributed by atoms with Gasteiger partial charge in [0.15, 0.2) is 5.78 Å². The average molecular weight is 537 g/mol. The van der Waals surface area contributed by atoms with Gasteiger partial charge in [-0.3, -0.25) is 4.79 Å². The van der Waals surface area contributed by atoms with Crippen molar-refractivity contribution in [3.8, 4) is 6.07 Å². The van der Waals surface area contributed by atoms with E-state index in [0.29, 0.717) is 18.0 Å². The fraction of sp³-hybridized carbons (Fsp3) is 0.444. The molecule has 0 heterocycles.